The summed E-state index contributed by atoms with van der Waals surface area (Å²) in [5.41, 5.74) is 0.377. The lowest BCUT2D eigenvalue weighted by Crippen LogP contribution is -2.48. The van der Waals surface area contributed by atoms with Gasteiger partial charge in [0.05, 0.1) is 0 Å². The van der Waals surface area contributed by atoms with Crippen LogP contribution in [0.1, 0.15) is 59.2 Å². The molecule has 0 spiro atoms. The number of alkyl carbamates (subject to hydrolysis) is 1. The molecule has 31 heavy (non-hydrogen) atoms. The monoisotopic (exact) mass is 429 g/mol. The Morgan fingerprint density at radius 1 is 1.16 bits per heavy atom. The zero-order valence-corrected chi connectivity index (χ0v) is 19.0. The Hall–Kier alpha value is -2.84. The lowest BCUT2D eigenvalue weighted by Gasteiger charge is -2.31. The number of aliphatic imine (C=N–C) groups is 1. The van der Waals surface area contributed by atoms with Gasteiger partial charge in [0.1, 0.15) is 11.4 Å². The minimum Gasteiger partial charge on any atom is -0.444 e. The quantitative estimate of drug-likeness (QED) is 0.482. The van der Waals surface area contributed by atoms with Gasteiger partial charge >= 0.3 is 6.09 Å². The number of pyridine rings is 1. The Bertz CT molecular complexity index is 879. The van der Waals surface area contributed by atoms with E-state index in [4.69, 9.17) is 9.73 Å². The van der Waals surface area contributed by atoms with Crippen LogP contribution in [0, 0.1) is 0 Å². The van der Waals surface area contributed by atoms with Gasteiger partial charge in [-0.3, -0.25) is 9.39 Å². The Kier molecular flexibility index (Phi) is 7.70. The smallest absolute Gasteiger partial charge is 0.407 e. The number of amides is 1. The molecule has 9 nitrogen and oxygen atoms in total. The Morgan fingerprint density at radius 3 is 2.55 bits per heavy atom. The highest BCUT2D eigenvalue weighted by Crippen LogP contribution is 2.19. The summed E-state index contributed by atoms with van der Waals surface area (Å²) >= 11 is 0. The Balaban J connectivity index is 1.46. The van der Waals surface area contributed by atoms with Crippen LogP contribution in [0.2, 0.25) is 0 Å². The van der Waals surface area contributed by atoms with Crippen LogP contribution in [0.3, 0.4) is 0 Å². The van der Waals surface area contributed by atoms with Gasteiger partial charge in [0, 0.05) is 37.8 Å². The number of guanidine groups is 1. The number of aromatic nitrogens is 3. The molecule has 0 radical (unpaired) electrons. The van der Waals surface area contributed by atoms with Gasteiger partial charge in [-0.1, -0.05) is 6.07 Å². The van der Waals surface area contributed by atoms with Crippen molar-refractivity contribution in [1.82, 2.24) is 30.5 Å². The first-order valence-corrected chi connectivity index (χ1v) is 11.2. The molecule has 1 amide bonds. The minimum absolute atomic E-state index is 0.161. The number of carbonyl (C=O) groups is 1. The molecule has 3 rings (SSSR count). The van der Waals surface area contributed by atoms with Crippen molar-refractivity contribution in [3.63, 3.8) is 0 Å². The number of nitrogens with one attached hydrogen (secondary N) is 3. The second kappa shape index (κ2) is 10.5. The molecule has 170 valence electrons. The summed E-state index contributed by atoms with van der Waals surface area (Å²) in [7, 11) is 0. The van der Waals surface area contributed by atoms with Gasteiger partial charge in [0.15, 0.2) is 11.6 Å². The van der Waals surface area contributed by atoms with Crippen molar-refractivity contribution in [3.05, 3.63) is 30.2 Å². The third kappa shape index (κ3) is 7.11. The summed E-state index contributed by atoms with van der Waals surface area (Å²) in [5, 5.41) is 18.3. The van der Waals surface area contributed by atoms with Crippen LogP contribution < -0.4 is 16.0 Å². The Labute approximate surface area is 184 Å². The highest BCUT2D eigenvalue weighted by Gasteiger charge is 2.25. The van der Waals surface area contributed by atoms with E-state index in [1.807, 2.05) is 49.6 Å². The molecule has 0 unspecified atom stereocenters. The van der Waals surface area contributed by atoms with Crippen LogP contribution in [0.4, 0.5) is 4.79 Å². The van der Waals surface area contributed by atoms with E-state index in [-0.39, 0.29) is 12.1 Å². The van der Waals surface area contributed by atoms with Crippen LogP contribution in [0.15, 0.2) is 29.4 Å². The molecule has 2 heterocycles. The summed E-state index contributed by atoms with van der Waals surface area (Å²) < 4.78 is 7.35. The molecule has 0 atom stereocenters. The van der Waals surface area contributed by atoms with E-state index < -0.39 is 5.60 Å². The highest BCUT2D eigenvalue weighted by molar-refractivity contribution is 5.80. The molecule has 0 bridgehead atoms. The molecule has 9 heteroatoms. The van der Waals surface area contributed by atoms with Gasteiger partial charge in [-0.2, -0.15) is 0 Å². The van der Waals surface area contributed by atoms with E-state index in [9.17, 15) is 4.79 Å². The van der Waals surface area contributed by atoms with Crippen LogP contribution in [-0.4, -0.2) is 57.4 Å². The summed E-state index contributed by atoms with van der Waals surface area (Å²) in [4.78, 5) is 16.7. The molecule has 0 aromatic carbocycles. The number of hydrogen-bond donors (Lipinski definition) is 3. The molecule has 1 saturated carbocycles. The third-order valence-corrected chi connectivity index (χ3v) is 5.12. The standard InChI is InChI=1S/C22H35N7O2/c1-5-23-20(24-14-13-19-28-27-18-8-6-7-15-29(18)19)25-16-9-11-17(12-10-16)26-21(30)31-22(2,3)4/h6-8,15-17H,5,9-14H2,1-4H3,(H,26,30)(H2,23,24,25). The summed E-state index contributed by atoms with van der Waals surface area (Å²) in [6.07, 6.45) is 6.14. The zero-order chi connectivity index (χ0) is 22.3. The lowest BCUT2D eigenvalue weighted by atomic mass is 9.91. The molecule has 0 aliphatic heterocycles. The average Bonchev–Trinajstić information content (AvgIpc) is 3.11. The summed E-state index contributed by atoms with van der Waals surface area (Å²) in [6.45, 7) is 9.11. The van der Waals surface area contributed by atoms with Crippen molar-refractivity contribution in [1.29, 1.82) is 0 Å². The molecular weight excluding hydrogens is 394 g/mol. The molecule has 3 N–H and O–H groups in total. The number of rotatable bonds is 6. The van der Waals surface area contributed by atoms with Gasteiger partial charge in [-0.15, -0.1) is 10.2 Å². The maximum Gasteiger partial charge on any atom is 0.407 e. The fraction of sp³-hybridized carbons (Fsp3) is 0.636. The number of hydrogen-bond acceptors (Lipinski definition) is 5. The van der Waals surface area contributed by atoms with Gasteiger partial charge in [-0.05, 0) is 65.5 Å². The molecule has 1 aliphatic carbocycles. The summed E-state index contributed by atoms with van der Waals surface area (Å²) in [5.74, 6) is 1.73. The van der Waals surface area contributed by atoms with Crippen LogP contribution in [0.5, 0.6) is 0 Å². The fourth-order valence-corrected chi connectivity index (χ4v) is 3.70. The first kappa shape index (κ1) is 22.8. The molecule has 2 aromatic rings. The first-order chi connectivity index (χ1) is 14.8. The molecule has 1 aliphatic rings. The number of nitrogens with zero attached hydrogens (tertiary/aromatic N) is 4. The number of fused-ring (bicyclic) bond motifs is 1. The largest absolute Gasteiger partial charge is 0.444 e. The maximum absolute atomic E-state index is 12.0. The van der Waals surface area contributed by atoms with Crippen LogP contribution in [0.25, 0.3) is 5.65 Å². The normalized spacial score (nSPS) is 19.8. The number of carbonyl (C=O) groups excluding carboxylic acids is 1. The van der Waals surface area contributed by atoms with Crippen molar-refractivity contribution in [2.24, 2.45) is 4.99 Å². The topological polar surface area (TPSA) is 105 Å². The van der Waals surface area contributed by atoms with E-state index in [0.717, 1.165) is 49.7 Å². The van der Waals surface area contributed by atoms with Gasteiger partial charge in [-0.25, -0.2) is 4.79 Å². The van der Waals surface area contributed by atoms with Crippen molar-refractivity contribution < 1.29 is 9.53 Å². The van der Waals surface area contributed by atoms with Crippen LogP contribution >= 0.6 is 0 Å². The second-order valence-electron chi connectivity index (χ2n) is 8.89. The molecule has 1 fully saturated rings. The van der Waals surface area contributed by atoms with Crippen molar-refractivity contribution in [2.45, 2.75) is 77.5 Å². The molecule has 0 saturated heterocycles. The van der Waals surface area contributed by atoms with Gasteiger partial charge in [0.25, 0.3) is 0 Å². The SMILES string of the molecule is CCNC(=NCCc1nnc2ccccn12)NC1CCC(NC(=O)OC(C)(C)C)CC1. The van der Waals surface area contributed by atoms with E-state index in [0.29, 0.717) is 19.0 Å². The second-order valence-corrected chi connectivity index (χ2v) is 8.89. The van der Waals surface area contributed by atoms with E-state index in [1.54, 1.807) is 0 Å². The summed E-state index contributed by atoms with van der Waals surface area (Å²) in [6, 6.07) is 6.37. The average molecular weight is 430 g/mol. The van der Waals surface area contributed by atoms with Gasteiger partial charge in [0.2, 0.25) is 0 Å². The van der Waals surface area contributed by atoms with Crippen molar-refractivity contribution in [3.8, 4) is 0 Å². The Morgan fingerprint density at radius 2 is 1.87 bits per heavy atom. The van der Waals surface area contributed by atoms with E-state index in [2.05, 4.69) is 33.1 Å². The van der Waals surface area contributed by atoms with Crippen LogP contribution in [-0.2, 0) is 11.2 Å². The van der Waals surface area contributed by atoms with Gasteiger partial charge < -0.3 is 20.7 Å². The number of ether oxygens (including phenoxy) is 1. The zero-order valence-electron chi connectivity index (χ0n) is 19.0. The highest BCUT2D eigenvalue weighted by atomic mass is 16.6. The maximum atomic E-state index is 12.0. The fourth-order valence-electron chi connectivity index (χ4n) is 3.70. The predicted molar refractivity (Wildman–Crippen MR) is 121 cm³/mol. The third-order valence-electron chi connectivity index (χ3n) is 5.12. The minimum atomic E-state index is -0.473. The predicted octanol–water partition coefficient (Wildman–Crippen LogP) is 2.66. The van der Waals surface area contributed by atoms with E-state index >= 15 is 0 Å². The van der Waals surface area contributed by atoms with Crippen molar-refractivity contribution in [2.75, 3.05) is 13.1 Å². The molecular formula is C22H35N7O2. The molecule has 2 aromatic heterocycles. The lowest BCUT2D eigenvalue weighted by molar-refractivity contribution is 0.0490. The van der Waals surface area contributed by atoms with E-state index in [1.165, 1.54) is 0 Å². The van der Waals surface area contributed by atoms with Crippen molar-refractivity contribution >= 4 is 17.7 Å². The first-order valence-electron chi connectivity index (χ1n) is 11.2.